The van der Waals surface area contributed by atoms with Crippen LogP contribution in [0.5, 0.6) is 5.75 Å². The average Bonchev–Trinajstić information content (AvgIpc) is 2.59. The Morgan fingerprint density at radius 2 is 1.88 bits per heavy atom. The molecule has 0 bridgehead atoms. The molecule has 0 spiro atoms. The Morgan fingerprint density at radius 3 is 2.67 bits per heavy atom. The molecule has 2 aromatic carbocycles. The highest BCUT2D eigenvalue weighted by atomic mass is 16.5. The van der Waals surface area contributed by atoms with Gasteiger partial charge < -0.3 is 9.84 Å². The summed E-state index contributed by atoms with van der Waals surface area (Å²) < 4.78 is 5.59. The summed E-state index contributed by atoms with van der Waals surface area (Å²) in [5.74, 6) is 1.20. The lowest BCUT2D eigenvalue weighted by molar-refractivity contribution is 0.0239. The molecule has 24 heavy (non-hydrogen) atoms. The van der Waals surface area contributed by atoms with Gasteiger partial charge in [-0.15, -0.1) is 0 Å². The van der Waals surface area contributed by atoms with Crippen LogP contribution in [0.1, 0.15) is 24.5 Å². The van der Waals surface area contributed by atoms with E-state index < -0.39 is 0 Å². The van der Waals surface area contributed by atoms with E-state index in [-0.39, 0.29) is 12.0 Å². The fourth-order valence-corrected chi connectivity index (χ4v) is 3.51. The van der Waals surface area contributed by atoms with Gasteiger partial charge in [-0.25, -0.2) is 0 Å². The zero-order chi connectivity index (χ0) is 16.8. The van der Waals surface area contributed by atoms with Gasteiger partial charge in [0.2, 0.25) is 0 Å². The van der Waals surface area contributed by atoms with Gasteiger partial charge >= 0.3 is 0 Å². The number of hydrogen-bond acceptors (Lipinski definition) is 3. The van der Waals surface area contributed by atoms with Crippen molar-refractivity contribution in [1.82, 2.24) is 4.90 Å². The Kier molecular flexibility index (Phi) is 5.89. The Labute approximate surface area is 144 Å². The predicted octanol–water partition coefficient (Wildman–Crippen LogP) is 3.51. The summed E-state index contributed by atoms with van der Waals surface area (Å²) >= 11 is 0. The molecule has 0 saturated carbocycles. The van der Waals surface area contributed by atoms with Crippen LogP contribution >= 0.6 is 0 Å². The quantitative estimate of drug-likeness (QED) is 0.882. The van der Waals surface area contributed by atoms with Crippen molar-refractivity contribution in [2.24, 2.45) is 5.92 Å². The lowest BCUT2D eigenvalue weighted by atomic mass is 9.88. The van der Waals surface area contributed by atoms with Crippen LogP contribution in [0.2, 0.25) is 0 Å². The topological polar surface area (TPSA) is 32.7 Å². The smallest absolute Gasteiger partial charge is 0.119 e. The molecule has 3 nitrogen and oxygen atoms in total. The Morgan fingerprint density at radius 1 is 1.08 bits per heavy atom. The second-order valence-electron chi connectivity index (χ2n) is 6.62. The molecule has 3 rings (SSSR count). The molecule has 0 amide bonds. The molecule has 1 aliphatic rings. The summed E-state index contributed by atoms with van der Waals surface area (Å²) in [5, 5.41) is 10.4. The number of likely N-dealkylation sites (tertiary alicyclic amines) is 1. The Balaban J connectivity index is 1.62. The van der Waals surface area contributed by atoms with Crippen LogP contribution in [0.25, 0.3) is 0 Å². The standard InChI is InChI=1S/C21H27NO2/c1-2-24-20-10-6-9-18(14-20)13-19-16-22(12-11-21(19)23)15-17-7-4-3-5-8-17/h3-10,14,19,21,23H,2,11-13,15-16H2,1H3. The summed E-state index contributed by atoms with van der Waals surface area (Å²) in [6.07, 6.45) is 1.53. The molecule has 3 heteroatoms. The number of piperidine rings is 1. The monoisotopic (exact) mass is 325 g/mol. The summed E-state index contributed by atoms with van der Waals surface area (Å²) in [7, 11) is 0. The van der Waals surface area contributed by atoms with Crippen molar-refractivity contribution in [3.63, 3.8) is 0 Å². The summed E-state index contributed by atoms with van der Waals surface area (Å²) in [5.41, 5.74) is 2.58. The minimum atomic E-state index is -0.215. The highest BCUT2D eigenvalue weighted by Gasteiger charge is 2.27. The van der Waals surface area contributed by atoms with Gasteiger partial charge in [-0.1, -0.05) is 42.5 Å². The molecule has 1 N–H and O–H groups in total. The minimum absolute atomic E-state index is 0.215. The first-order valence-corrected chi connectivity index (χ1v) is 8.90. The summed E-state index contributed by atoms with van der Waals surface area (Å²) in [6.45, 7) is 5.54. The summed E-state index contributed by atoms with van der Waals surface area (Å²) in [4.78, 5) is 2.46. The molecule has 1 fully saturated rings. The lowest BCUT2D eigenvalue weighted by Gasteiger charge is -2.36. The molecule has 1 heterocycles. The highest BCUT2D eigenvalue weighted by molar-refractivity contribution is 5.29. The van der Waals surface area contributed by atoms with Crippen molar-refractivity contribution in [3.05, 3.63) is 65.7 Å². The normalized spacial score (nSPS) is 21.6. The van der Waals surface area contributed by atoms with Crippen molar-refractivity contribution in [3.8, 4) is 5.75 Å². The maximum atomic E-state index is 10.4. The maximum Gasteiger partial charge on any atom is 0.119 e. The zero-order valence-electron chi connectivity index (χ0n) is 14.4. The first-order chi connectivity index (χ1) is 11.7. The second kappa shape index (κ2) is 8.32. The van der Waals surface area contributed by atoms with E-state index in [1.165, 1.54) is 11.1 Å². The van der Waals surface area contributed by atoms with Crippen LogP contribution in [0.3, 0.4) is 0 Å². The average molecular weight is 325 g/mol. The molecule has 1 saturated heterocycles. The van der Waals surface area contributed by atoms with Gasteiger partial charge in [0.1, 0.15) is 5.75 Å². The molecular weight excluding hydrogens is 298 g/mol. The Bertz CT molecular complexity index is 629. The van der Waals surface area contributed by atoms with Crippen molar-refractivity contribution < 1.29 is 9.84 Å². The van der Waals surface area contributed by atoms with E-state index in [9.17, 15) is 5.11 Å². The van der Waals surface area contributed by atoms with Gasteiger partial charge in [0.05, 0.1) is 12.7 Å². The van der Waals surface area contributed by atoms with E-state index in [1.807, 2.05) is 19.1 Å². The van der Waals surface area contributed by atoms with E-state index in [2.05, 4.69) is 47.4 Å². The van der Waals surface area contributed by atoms with Gasteiger partial charge in [-0.05, 0) is 43.0 Å². The number of rotatable bonds is 6. The van der Waals surface area contributed by atoms with E-state index in [4.69, 9.17) is 4.74 Å². The first kappa shape index (κ1) is 17.0. The molecule has 0 radical (unpaired) electrons. The SMILES string of the molecule is CCOc1cccc(CC2CN(Cc3ccccc3)CCC2O)c1. The van der Waals surface area contributed by atoms with Crippen molar-refractivity contribution in [1.29, 1.82) is 0 Å². The third-order valence-corrected chi connectivity index (χ3v) is 4.73. The molecular formula is C21H27NO2. The van der Waals surface area contributed by atoms with Crippen LogP contribution in [0.4, 0.5) is 0 Å². The number of benzene rings is 2. The fourth-order valence-electron chi connectivity index (χ4n) is 3.51. The van der Waals surface area contributed by atoms with Crippen LogP contribution in [-0.2, 0) is 13.0 Å². The molecule has 2 atom stereocenters. The third kappa shape index (κ3) is 4.59. The first-order valence-electron chi connectivity index (χ1n) is 8.90. The van der Waals surface area contributed by atoms with Gasteiger partial charge in [0.25, 0.3) is 0 Å². The predicted molar refractivity (Wildman–Crippen MR) is 97.1 cm³/mol. The molecule has 2 aromatic rings. The maximum absolute atomic E-state index is 10.4. The number of aliphatic hydroxyl groups is 1. The number of aliphatic hydroxyl groups excluding tert-OH is 1. The van der Waals surface area contributed by atoms with Crippen molar-refractivity contribution in [2.45, 2.75) is 32.4 Å². The van der Waals surface area contributed by atoms with E-state index >= 15 is 0 Å². The van der Waals surface area contributed by atoms with Crippen LogP contribution < -0.4 is 4.74 Å². The largest absolute Gasteiger partial charge is 0.494 e. The number of nitrogens with zero attached hydrogens (tertiary/aromatic N) is 1. The molecule has 128 valence electrons. The van der Waals surface area contributed by atoms with Gasteiger partial charge in [-0.3, -0.25) is 4.90 Å². The lowest BCUT2D eigenvalue weighted by Crippen LogP contribution is -2.43. The van der Waals surface area contributed by atoms with E-state index in [0.717, 1.165) is 38.2 Å². The summed E-state index contributed by atoms with van der Waals surface area (Å²) in [6, 6.07) is 18.8. The van der Waals surface area contributed by atoms with Crippen molar-refractivity contribution in [2.75, 3.05) is 19.7 Å². The van der Waals surface area contributed by atoms with Crippen molar-refractivity contribution >= 4 is 0 Å². The molecule has 2 unspecified atom stereocenters. The van der Waals surface area contributed by atoms with Crippen LogP contribution in [-0.4, -0.2) is 35.8 Å². The highest BCUT2D eigenvalue weighted by Crippen LogP contribution is 2.24. The fraction of sp³-hybridized carbons (Fsp3) is 0.429. The molecule has 0 aliphatic carbocycles. The number of ether oxygens (including phenoxy) is 1. The zero-order valence-corrected chi connectivity index (χ0v) is 14.4. The van der Waals surface area contributed by atoms with Gasteiger partial charge in [0, 0.05) is 25.6 Å². The van der Waals surface area contributed by atoms with Gasteiger partial charge in [0.15, 0.2) is 0 Å². The van der Waals surface area contributed by atoms with Crippen LogP contribution in [0, 0.1) is 5.92 Å². The van der Waals surface area contributed by atoms with Crippen LogP contribution in [0.15, 0.2) is 54.6 Å². The third-order valence-electron chi connectivity index (χ3n) is 4.73. The second-order valence-corrected chi connectivity index (χ2v) is 6.62. The molecule has 0 aromatic heterocycles. The van der Waals surface area contributed by atoms with Gasteiger partial charge in [-0.2, -0.15) is 0 Å². The number of hydrogen-bond donors (Lipinski definition) is 1. The Hall–Kier alpha value is -1.84. The van der Waals surface area contributed by atoms with E-state index in [0.29, 0.717) is 6.61 Å². The molecule has 1 aliphatic heterocycles. The van der Waals surface area contributed by atoms with E-state index in [1.54, 1.807) is 0 Å². The minimum Gasteiger partial charge on any atom is -0.494 e.